The summed E-state index contributed by atoms with van der Waals surface area (Å²) in [7, 11) is 0. The second-order valence-electron chi connectivity index (χ2n) is 21.0. The molecule has 77 heavy (non-hydrogen) atoms. The molecule has 0 fully saturated rings. The van der Waals surface area contributed by atoms with Crippen LogP contribution in [0.15, 0.2) is 283 Å². The van der Waals surface area contributed by atoms with Gasteiger partial charge in [0, 0.05) is 38.0 Å². The molecule has 0 radical (unpaired) electrons. The molecule has 13 aromatic carbocycles. The average molecular weight is 996 g/mol. The van der Waals surface area contributed by atoms with Gasteiger partial charge in [0.1, 0.15) is 11.5 Å². The van der Waals surface area contributed by atoms with Crippen LogP contribution in [-0.4, -0.2) is 0 Å². The molecule has 2 aliphatic heterocycles. The highest BCUT2D eigenvalue weighted by molar-refractivity contribution is 7.99. The van der Waals surface area contributed by atoms with Gasteiger partial charge in [-0.1, -0.05) is 218 Å². The average Bonchev–Trinajstić information content (AvgIpc) is 4.20. The molecular formula is C74H45NOS. The van der Waals surface area contributed by atoms with Crippen LogP contribution in [0.2, 0.25) is 0 Å². The Hall–Kier alpha value is -9.41. The summed E-state index contributed by atoms with van der Waals surface area (Å²) < 4.78 is 6.77. The highest BCUT2D eigenvalue weighted by atomic mass is 32.2. The minimum atomic E-state index is -0.614. The van der Waals surface area contributed by atoms with Gasteiger partial charge in [-0.15, -0.1) is 0 Å². The van der Waals surface area contributed by atoms with Crippen molar-refractivity contribution in [2.24, 2.45) is 0 Å². The Kier molecular flexibility index (Phi) is 8.94. The van der Waals surface area contributed by atoms with Gasteiger partial charge in [-0.3, -0.25) is 0 Å². The number of fused-ring (bicyclic) bond motifs is 24. The number of hydrogen-bond donors (Lipinski definition) is 0. The summed E-state index contributed by atoms with van der Waals surface area (Å²) in [6.07, 6.45) is 0. The summed E-state index contributed by atoms with van der Waals surface area (Å²) in [5, 5.41) is 7.67. The zero-order valence-electron chi connectivity index (χ0n) is 41.7. The third-order valence-electron chi connectivity index (χ3n) is 17.4. The van der Waals surface area contributed by atoms with E-state index in [2.05, 4.69) is 278 Å². The third kappa shape index (κ3) is 5.76. The molecule has 0 unspecified atom stereocenters. The van der Waals surface area contributed by atoms with Crippen molar-refractivity contribution in [3.05, 3.63) is 317 Å². The number of anilines is 3. The van der Waals surface area contributed by atoms with E-state index in [1.807, 2.05) is 11.8 Å². The molecule has 2 spiro atoms. The van der Waals surface area contributed by atoms with Gasteiger partial charge in [0.2, 0.25) is 0 Å². The monoisotopic (exact) mass is 995 g/mol. The molecular weight excluding hydrogens is 951 g/mol. The first-order valence-corrected chi connectivity index (χ1v) is 27.5. The first-order valence-electron chi connectivity index (χ1n) is 26.6. The Morgan fingerprint density at radius 2 is 0.675 bits per heavy atom. The van der Waals surface area contributed by atoms with Gasteiger partial charge in [-0.2, -0.15) is 0 Å². The molecule has 0 atom stereocenters. The Bertz CT molecular complexity index is 4540. The molecule has 0 N–H and O–H groups in total. The highest BCUT2D eigenvalue weighted by Crippen LogP contribution is 2.65. The van der Waals surface area contributed by atoms with Crippen molar-refractivity contribution >= 4 is 61.1 Å². The Morgan fingerprint density at radius 3 is 1.30 bits per heavy atom. The fourth-order valence-electron chi connectivity index (χ4n) is 14.3. The zero-order chi connectivity index (χ0) is 50.4. The molecule has 4 aliphatic rings. The normalized spacial score (nSPS) is 14.2. The molecule has 0 amide bonds. The third-order valence-corrected chi connectivity index (χ3v) is 18.5. The summed E-state index contributed by atoms with van der Waals surface area (Å²) in [5.74, 6) is 1.77. The molecule has 358 valence electrons. The topological polar surface area (TPSA) is 12.5 Å². The van der Waals surface area contributed by atoms with Crippen LogP contribution in [0.25, 0.3) is 65.7 Å². The number of nitrogens with zero attached hydrogens (tertiary/aromatic N) is 1. The smallest absolute Gasteiger partial charge is 0.132 e. The fraction of sp³-hybridized carbons (Fsp3) is 0.0270. The summed E-state index contributed by atoms with van der Waals surface area (Å²) in [6, 6.07) is 102. The predicted molar refractivity (Wildman–Crippen MR) is 318 cm³/mol. The number of hydrogen-bond acceptors (Lipinski definition) is 3. The largest absolute Gasteiger partial charge is 0.457 e. The maximum atomic E-state index is 6.77. The van der Waals surface area contributed by atoms with Gasteiger partial charge < -0.3 is 9.64 Å². The van der Waals surface area contributed by atoms with E-state index in [1.165, 1.54) is 109 Å². The van der Waals surface area contributed by atoms with Crippen LogP contribution in [0.4, 0.5) is 17.1 Å². The maximum absolute atomic E-state index is 6.77. The molecule has 2 heterocycles. The number of rotatable bonds is 4. The number of ether oxygens (including phenoxy) is 1. The molecule has 0 saturated carbocycles. The number of para-hydroxylation sites is 2. The van der Waals surface area contributed by atoms with Crippen LogP contribution in [0.3, 0.4) is 0 Å². The molecule has 0 aromatic heterocycles. The van der Waals surface area contributed by atoms with Gasteiger partial charge in [0.25, 0.3) is 0 Å². The first-order chi connectivity index (χ1) is 38.2. The molecule has 0 bridgehead atoms. The summed E-state index contributed by atoms with van der Waals surface area (Å²) in [5.41, 5.74) is 19.7. The first kappa shape index (κ1) is 42.9. The van der Waals surface area contributed by atoms with Crippen molar-refractivity contribution in [2.75, 3.05) is 4.90 Å². The van der Waals surface area contributed by atoms with Gasteiger partial charge in [0.15, 0.2) is 0 Å². The van der Waals surface area contributed by atoms with Gasteiger partial charge in [0.05, 0.1) is 10.8 Å². The second-order valence-corrected chi connectivity index (χ2v) is 22.1. The van der Waals surface area contributed by atoms with Crippen molar-refractivity contribution in [1.82, 2.24) is 0 Å². The van der Waals surface area contributed by atoms with Gasteiger partial charge in [-0.25, -0.2) is 0 Å². The van der Waals surface area contributed by atoms with E-state index in [0.29, 0.717) is 0 Å². The quantitative estimate of drug-likeness (QED) is 0.163. The van der Waals surface area contributed by atoms with Crippen molar-refractivity contribution in [1.29, 1.82) is 0 Å². The summed E-state index contributed by atoms with van der Waals surface area (Å²) in [6.45, 7) is 0. The molecule has 3 heteroatoms. The lowest BCUT2D eigenvalue weighted by Crippen LogP contribution is -2.32. The standard InChI is InChI=1S/C74H45NOS/c1-2-19-53-51(17-1)52-18-3-4-20-54(52)59-43-47(35-40-55(53)59)46-33-36-48(37-34-46)75(49-39-42-63-60(44-49)57-22-6-8-24-62(57)73(63)66-27-11-15-31-71(66)77-72-32-16-12-28-67(72)73)50-38-41-58-56-21-5-7-23-61(56)74(68(58)45-50)64-25-9-13-29-69(64)76-70-30-14-10-26-65(70)74/h1-45H. The minimum absolute atomic E-state index is 0.470. The van der Waals surface area contributed by atoms with E-state index in [-0.39, 0.29) is 0 Å². The lowest BCUT2D eigenvalue weighted by molar-refractivity contribution is 0.436. The Labute approximate surface area is 451 Å². The maximum Gasteiger partial charge on any atom is 0.132 e. The van der Waals surface area contributed by atoms with Crippen molar-refractivity contribution in [2.45, 2.75) is 20.6 Å². The van der Waals surface area contributed by atoms with Gasteiger partial charge in [-0.05, 0) is 166 Å². The van der Waals surface area contributed by atoms with Crippen molar-refractivity contribution in [3.63, 3.8) is 0 Å². The predicted octanol–water partition coefficient (Wildman–Crippen LogP) is 19.6. The van der Waals surface area contributed by atoms with Crippen LogP contribution in [0, 0.1) is 0 Å². The van der Waals surface area contributed by atoms with Crippen LogP contribution >= 0.6 is 11.8 Å². The minimum Gasteiger partial charge on any atom is -0.457 e. The number of benzene rings is 13. The Balaban J connectivity index is 0.891. The van der Waals surface area contributed by atoms with E-state index >= 15 is 0 Å². The van der Waals surface area contributed by atoms with E-state index < -0.39 is 10.8 Å². The fourth-order valence-corrected chi connectivity index (χ4v) is 15.5. The van der Waals surface area contributed by atoms with Crippen LogP contribution in [0.1, 0.15) is 44.5 Å². The van der Waals surface area contributed by atoms with Crippen LogP contribution in [0.5, 0.6) is 11.5 Å². The zero-order valence-corrected chi connectivity index (χ0v) is 42.6. The SMILES string of the molecule is c1ccc2c(c1)Oc1ccccc1C21c2ccccc2-c2ccc(N(c3ccc(-c4ccc5c6ccccc6c6ccccc6c5c4)cc3)c3ccc4c(c3)-c3ccccc3C43c4ccccc4Sc4ccccc43)cc21. The van der Waals surface area contributed by atoms with Crippen LogP contribution in [-0.2, 0) is 10.8 Å². The molecule has 17 rings (SSSR count). The van der Waals surface area contributed by atoms with E-state index in [0.717, 1.165) is 39.7 Å². The summed E-state index contributed by atoms with van der Waals surface area (Å²) in [4.78, 5) is 5.10. The lowest BCUT2D eigenvalue weighted by atomic mass is 9.66. The second kappa shape index (κ2) is 16.1. The highest BCUT2D eigenvalue weighted by Gasteiger charge is 2.52. The van der Waals surface area contributed by atoms with E-state index in [9.17, 15) is 0 Å². The lowest BCUT2D eigenvalue weighted by Gasteiger charge is -2.40. The molecule has 13 aromatic rings. The van der Waals surface area contributed by atoms with Crippen molar-refractivity contribution < 1.29 is 4.74 Å². The van der Waals surface area contributed by atoms with Gasteiger partial charge >= 0.3 is 0 Å². The summed E-state index contributed by atoms with van der Waals surface area (Å²) >= 11 is 1.89. The van der Waals surface area contributed by atoms with Crippen molar-refractivity contribution in [3.8, 4) is 44.9 Å². The Morgan fingerprint density at radius 1 is 0.260 bits per heavy atom. The van der Waals surface area contributed by atoms with E-state index in [1.54, 1.807) is 0 Å². The molecule has 2 nitrogen and oxygen atoms in total. The molecule has 0 saturated heterocycles. The van der Waals surface area contributed by atoms with Crippen LogP contribution < -0.4 is 9.64 Å². The van der Waals surface area contributed by atoms with E-state index in [4.69, 9.17) is 4.74 Å². The molecule has 2 aliphatic carbocycles.